The van der Waals surface area contributed by atoms with Crippen LogP contribution in [0.15, 0.2) is 0 Å². The maximum Gasteiger partial charge on any atom is 0.227 e. The lowest BCUT2D eigenvalue weighted by Crippen LogP contribution is -2.42. The van der Waals surface area contributed by atoms with Gasteiger partial charge in [0.25, 0.3) is 0 Å². The number of anilines is 1. The fourth-order valence-corrected chi connectivity index (χ4v) is 5.70. The molecule has 0 bridgehead atoms. The molecule has 152 valence electrons. The first kappa shape index (κ1) is 19.2. The quantitative estimate of drug-likeness (QED) is 0.801. The normalized spacial score (nSPS) is 24.3. The molecule has 8 heteroatoms. The third-order valence-electron chi connectivity index (χ3n) is 6.70. The number of hydrogen-bond acceptors (Lipinski definition) is 5. The second-order valence-corrected chi connectivity index (χ2v) is 10.9. The van der Waals surface area contributed by atoms with E-state index in [1.807, 2.05) is 6.92 Å². The first-order chi connectivity index (χ1) is 12.9. The van der Waals surface area contributed by atoms with Crippen LogP contribution in [0.4, 0.5) is 5.95 Å². The molecule has 1 atom stereocenters. The van der Waals surface area contributed by atoms with E-state index in [9.17, 15) is 8.42 Å². The molecule has 27 heavy (non-hydrogen) atoms. The van der Waals surface area contributed by atoms with Crippen molar-refractivity contribution in [2.45, 2.75) is 77.3 Å². The van der Waals surface area contributed by atoms with Crippen molar-refractivity contribution in [1.82, 2.24) is 19.5 Å². The molecule has 3 aliphatic rings. The van der Waals surface area contributed by atoms with Gasteiger partial charge in [-0.05, 0) is 56.8 Å². The molecular formula is C19H33N5O2S. The summed E-state index contributed by atoms with van der Waals surface area (Å²) in [6, 6.07) is -0.366. The molecular weight excluding hydrogens is 362 g/mol. The van der Waals surface area contributed by atoms with Crippen LogP contribution < -0.4 is 9.62 Å². The molecule has 1 aliphatic heterocycles. The summed E-state index contributed by atoms with van der Waals surface area (Å²) in [4.78, 5) is 2.38. The molecule has 1 aromatic rings. The lowest BCUT2D eigenvalue weighted by molar-refractivity contribution is 0.143. The Morgan fingerprint density at radius 2 is 1.78 bits per heavy atom. The molecule has 3 fully saturated rings. The number of nitrogens with zero attached hydrogens (tertiary/aromatic N) is 4. The molecule has 2 saturated carbocycles. The van der Waals surface area contributed by atoms with E-state index in [0.717, 1.165) is 31.4 Å². The summed E-state index contributed by atoms with van der Waals surface area (Å²) in [5, 5.41) is 8.91. The smallest absolute Gasteiger partial charge is 0.227 e. The highest BCUT2D eigenvalue weighted by Gasteiger charge is 2.37. The largest absolute Gasteiger partial charge is 0.341 e. The topological polar surface area (TPSA) is 80.1 Å². The monoisotopic (exact) mass is 395 g/mol. The Kier molecular flexibility index (Phi) is 5.22. The number of rotatable bonds is 6. The average molecular weight is 396 g/mol. The Labute approximate surface area is 163 Å². The molecule has 1 N–H and O–H groups in total. The Morgan fingerprint density at radius 1 is 1.11 bits per heavy atom. The summed E-state index contributed by atoms with van der Waals surface area (Å²) in [5.74, 6) is 2.35. The number of piperidine rings is 1. The highest BCUT2D eigenvalue weighted by atomic mass is 32.2. The lowest BCUT2D eigenvalue weighted by Gasteiger charge is -2.44. The van der Waals surface area contributed by atoms with Crippen molar-refractivity contribution < 1.29 is 8.42 Å². The van der Waals surface area contributed by atoms with Gasteiger partial charge < -0.3 is 4.90 Å². The van der Waals surface area contributed by atoms with E-state index in [1.165, 1.54) is 64.0 Å². The van der Waals surface area contributed by atoms with Gasteiger partial charge in [-0.3, -0.25) is 4.57 Å². The van der Waals surface area contributed by atoms with Crippen molar-refractivity contribution in [2.75, 3.05) is 24.2 Å². The minimum Gasteiger partial charge on any atom is -0.341 e. The van der Waals surface area contributed by atoms with E-state index in [-0.39, 0.29) is 6.04 Å². The van der Waals surface area contributed by atoms with Gasteiger partial charge in [0.05, 0.1) is 12.3 Å². The zero-order valence-electron chi connectivity index (χ0n) is 16.7. The van der Waals surface area contributed by atoms with E-state index in [2.05, 4.69) is 24.4 Å². The summed E-state index contributed by atoms with van der Waals surface area (Å²) < 4.78 is 28.2. The number of nitrogens with one attached hydrogen (secondary N) is 1. The van der Waals surface area contributed by atoms with Gasteiger partial charge in [0.15, 0.2) is 5.82 Å². The Hall–Kier alpha value is -1.15. The number of aromatic nitrogens is 3. The molecule has 2 aliphatic carbocycles. The number of sulfonamides is 1. The molecule has 4 rings (SSSR count). The predicted octanol–water partition coefficient (Wildman–Crippen LogP) is 2.85. The first-order valence-electron chi connectivity index (χ1n) is 10.5. The number of hydrogen-bond donors (Lipinski definition) is 1. The second kappa shape index (κ2) is 7.35. The van der Waals surface area contributed by atoms with Crippen molar-refractivity contribution in [2.24, 2.45) is 11.3 Å². The molecule has 7 nitrogen and oxygen atoms in total. The Morgan fingerprint density at radius 3 is 2.37 bits per heavy atom. The minimum absolute atomic E-state index is 0.366. The third kappa shape index (κ3) is 4.47. The van der Waals surface area contributed by atoms with Crippen molar-refractivity contribution in [1.29, 1.82) is 0 Å². The van der Waals surface area contributed by atoms with Gasteiger partial charge in [-0.1, -0.05) is 19.3 Å². The highest BCUT2D eigenvalue weighted by molar-refractivity contribution is 7.88. The highest BCUT2D eigenvalue weighted by Crippen LogP contribution is 2.45. The van der Waals surface area contributed by atoms with Crippen LogP contribution in [-0.4, -0.2) is 42.5 Å². The van der Waals surface area contributed by atoms with E-state index in [4.69, 9.17) is 0 Å². The van der Waals surface area contributed by atoms with Crippen LogP contribution in [0.25, 0.3) is 0 Å². The zero-order valence-corrected chi connectivity index (χ0v) is 17.5. The summed E-state index contributed by atoms with van der Waals surface area (Å²) in [6.07, 6.45) is 13.1. The zero-order chi connectivity index (χ0) is 19.1. The standard InChI is InChI=1S/C19H33N5O2S/c1-15(22-27(2,25)26)17-20-21-18(24(17)14-16-6-7-16)23-12-10-19(11-13-23)8-4-3-5-9-19/h15-16,22H,3-14H2,1-2H3. The molecule has 0 aromatic carbocycles. The van der Waals surface area contributed by atoms with Crippen LogP contribution in [0.5, 0.6) is 0 Å². The van der Waals surface area contributed by atoms with E-state index < -0.39 is 10.0 Å². The fraction of sp³-hybridized carbons (Fsp3) is 0.895. The van der Waals surface area contributed by atoms with Crippen LogP contribution >= 0.6 is 0 Å². The van der Waals surface area contributed by atoms with Gasteiger partial charge in [0.1, 0.15) is 0 Å². The van der Waals surface area contributed by atoms with E-state index in [1.54, 1.807) is 0 Å². The molecule has 0 amide bonds. The minimum atomic E-state index is -3.28. The van der Waals surface area contributed by atoms with Crippen LogP contribution in [0.1, 0.15) is 76.6 Å². The molecule has 1 saturated heterocycles. The average Bonchev–Trinajstić information content (AvgIpc) is 3.33. The van der Waals surface area contributed by atoms with Gasteiger partial charge in [-0.15, -0.1) is 10.2 Å². The maximum atomic E-state index is 11.7. The first-order valence-corrected chi connectivity index (χ1v) is 12.4. The van der Waals surface area contributed by atoms with E-state index >= 15 is 0 Å². The van der Waals surface area contributed by atoms with Gasteiger partial charge in [-0.2, -0.15) is 0 Å². The van der Waals surface area contributed by atoms with Crippen LogP contribution in [-0.2, 0) is 16.6 Å². The summed E-state index contributed by atoms with van der Waals surface area (Å²) >= 11 is 0. The van der Waals surface area contributed by atoms with Crippen molar-refractivity contribution in [3.8, 4) is 0 Å². The molecule has 2 heterocycles. The second-order valence-electron chi connectivity index (χ2n) is 9.07. The van der Waals surface area contributed by atoms with Gasteiger partial charge in [0.2, 0.25) is 16.0 Å². The van der Waals surface area contributed by atoms with Crippen LogP contribution in [0.3, 0.4) is 0 Å². The van der Waals surface area contributed by atoms with Gasteiger partial charge in [0, 0.05) is 19.6 Å². The van der Waals surface area contributed by atoms with Crippen molar-refractivity contribution in [3.05, 3.63) is 5.82 Å². The Bertz CT molecular complexity index is 755. The predicted molar refractivity (Wildman–Crippen MR) is 106 cm³/mol. The summed E-state index contributed by atoms with van der Waals surface area (Å²) in [7, 11) is -3.28. The third-order valence-corrected chi connectivity index (χ3v) is 7.48. The van der Waals surface area contributed by atoms with Gasteiger partial charge >= 0.3 is 0 Å². The van der Waals surface area contributed by atoms with Crippen LogP contribution in [0, 0.1) is 11.3 Å². The lowest BCUT2D eigenvalue weighted by atomic mass is 9.68. The summed E-state index contributed by atoms with van der Waals surface area (Å²) in [6.45, 7) is 4.83. The Balaban J connectivity index is 1.52. The van der Waals surface area contributed by atoms with Gasteiger partial charge in [-0.25, -0.2) is 13.1 Å². The van der Waals surface area contributed by atoms with E-state index in [0.29, 0.717) is 11.3 Å². The van der Waals surface area contributed by atoms with Crippen molar-refractivity contribution >= 4 is 16.0 Å². The summed E-state index contributed by atoms with van der Waals surface area (Å²) in [5.41, 5.74) is 0.560. The SMILES string of the molecule is CC(NS(C)(=O)=O)c1nnc(N2CCC3(CCCCC3)CC2)n1CC1CC1. The molecule has 0 radical (unpaired) electrons. The molecule has 1 spiro atoms. The molecule has 1 aromatic heterocycles. The fourth-order valence-electron chi connectivity index (χ4n) is 4.95. The van der Waals surface area contributed by atoms with Crippen molar-refractivity contribution in [3.63, 3.8) is 0 Å². The molecule has 1 unspecified atom stereocenters. The van der Waals surface area contributed by atoms with Crippen LogP contribution in [0.2, 0.25) is 0 Å². The maximum absolute atomic E-state index is 11.7.